The van der Waals surface area contributed by atoms with Crippen molar-refractivity contribution in [3.05, 3.63) is 35.5 Å². The largest absolute Gasteiger partial charge is 0.394 e. The van der Waals surface area contributed by atoms with Crippen LogP contribution in [0, 0.1) is 17.6 Å². The van der Waals surface area contributed by atoms with Crippen molar-refractivity contribution >= 4 is 34.5 Å². The lowest BCUT2D eigenvalue weighted by molar-refractivity contribution is -0.139. The summed E-state index contributed by atoms with van der Waals surface area (Å²) in [5.41, 5.74) is 0.319. The first-order valence-electron chi connectivity index (χ1n) is 17.6. The number of nitrogens with one attached hydrogen (secondary N) is 1. The normalized spacial score (nSPS) is 16.1. The number of fused-ring (bicyclic) bond motifs is 1. The number of likely N-dealkylation sites (N-methyl/N-ethyl adjacent to an activating group) is 1. The summed E-state index contributed by atoms with van der Waals surface area (Å²) in [7, 11) is 1.59. The molecule has 1 atom stereocenters. The number of aliphatic hydroxyl groups is 1. The van der Waals surface area contributed by atoms with Crippen LogP contribution >= 0.6 is 0 Å². The Morgan fingerprint density at radius 1 is 0.880 bits per heavy atom. The third-order valence-electron chi connectivity index (χ3n) is 9.34. The maximum Gasteiger partial charge on any atom is 0.270 e. The van der Waals surface area contributed by atoms with Gasteiger partial charge in [-0.15, -0.1) is 0 Å². The molecule has 1 saturated heterocycles. The van der Waals surface area contributed by atoms with E-state index in [0.717, 1.165) is 44.2 Å². The zero-order valence-electron chi connectivity index (χ0n) is 29.2. The van der Waals surface area contributed by atoms with Crippen LogP contribution in [0.4, 0.5) is 8.78 Å². The van der Waals surface area contributed by atoms with Gasteiger partial charge in [-0.1, -0.05) is 26.2 Å². The lowest BCUT2D eigenvalue weighted by Crippen LogP contribution is -2.58. The van der Waals surface area contributed by atoms with Crippen LogP contribution in [0.2, 0.25) is 0 Å². The monoisotopic (exact) mass is 707 g/mol. The fourth-order valence-electron chi connectivity index (χ4n) is 6.41. The molecule has 1 aromatic carbocycles. The van der Waals surface area contributed by atoms with Crippen molar-refractivity contribution in [2.24, 2.45) is 5.92 Å². The number of amides is 4. The Morgan fingerprint density at radius 3 is 2.12 bits per heavy atom. The number of halogens is 2. The van der Waals surface area contributed by atoms with Gasteiger partial charge in [-0.05, 0) is 30.9 Å². The molecule has 0 bridgehead atoms. The standard InChI is InChI=1S/C35H51F2N5O8/c1-3-31(44)38-33(25-7-5-4-6-8-25)35(47)41-11-9-40(10-12-41)34(46)30-22-26-21-27(36)28(37)23-29(26)42(30)24-32(45)39(2)13-15-48-17-19-50-20-18-49-16-14-43/h21-23,25,33,43H,3-20,24H2,1-2H3,(H,38,44)/t33-/m0/s1. The van der Waals surface area contributed by atoms with E-state index in [1.807, 2.05) is 0 Å². The highest BCUT2D eigenvalue weighted by molar-refractivity contribution is 6.00. The van der Waals surface area contributed by atoms with Gasteiger partial charge < -0.3 is 43.9 Å². The predicted octanol–water partition coefficient (Wildman–Crippen LogP) is 2.18. The molecule has 13 nitrogen and oxygen atoms in total. The first-order chi connectivity index (χ1) is 24.1. The Labute approximate surface area is 291 Å². The summed E-state index contributed by atoms with van der Waals surface area (Å²) in [4.78, 5) is 57.9. The van der Waals surface area contributed by atoms with Crippen LogP contribution in [0.3, 0.4) is 0 Å². The smallest absolute Gasteiger partial charge is 0.270 e. The third-order valence-corrected chi connectivity index (χ3v) is 9.34. The zero-order valence-corrected chi connectivity index (χ0v) is 29.2. The molecule has 2 fully saturated rings. The van der Waals surface area contributed by atoms with E-state index in [-0.39, 0.29) is 106 Å². The van der Waals surface area contributed by atoms with Gasteiger partial charge in [0.1, 0.15) is 18.3 Å². The maximum absolute atomic E-state index is 14.4. The van der Waals surface area contributed by atoms with E-state index < -0.39 is 23.6 Å². The number of piperazine rings is 1. The topological polar surface area (TPSA) is 143 Å². The van der Waals surface area contributed by atoms with E-state index >= 15 is 0 Å². The highest BCUT2D eigenvalue weighted by Gasteiger charge is 2.36. The average Bonchev–Trinajstić information content (AvgIpc) is 3.47. The Bertz CT molecular complexity index is 1440. The fourth-order valence-corrected chi connectivity index (χ4v) is 6.41. The molecule has 1 aliphatic carbocycles. The Kier molecular flexibility index (Phi) is 15.4. The van der Waals surface area contributed by atoms with E-state index in [0.29, 0.717) is 26.4 Å². The van der Waals surface area contributed by atoms with Crippen molar-refractivity contribution in [1.82, 2.24) is 24.6 Å². The summed E-state index contributed by atoms with van der Waals surface area (Å²) in [6.45, 7) is 4.50. The van der Waals surface area contributed by atoms with E-state index in [4.69, 9.17) is 19.3 Å². The van der Waals surface area contributed by atoms with Gasteiger partial charge in [0.25, 0.3) is 5.91 Å². The van der Waals surface area contributed by atoms with Crippen LogP contribution in [0.1, 0.15) is 55.9 Å². The second-order valence-electron chi connectivity index (χ2n) is 12.7. The average molecular weight is 708 g/mol. The Balaban J connectivity index is 1.37. The summed E-state index contributed by atoms with van der Waals surface area (Å²) in [5.74, 6) is -3.17. The summed E-state index contributed by atoms with van der Waals surface area (Å²) in [5, 5.41) is 11.9. The van der Waals surface area contributed by atoms with Crippen LogP contribution in [-0.2, 0) is 35.1 Å². The van der Waals surface area contributed by atoms with Crippen LogP contribution in [0.15, 0.2) is 18.2 Å². The minimum Gasteiger partial charge on any atom is -0.394 e. The molecular formula is C35H51F2N5O8. The summed E-state index contributed by atoms with van der Waals surface area (Å²) >= 11 is 0. The molecule has 0 spiro atoms. The number of hydrogen-bond acceptors (Lipinski definition) is 8. The summed E-state index contributed by atoms with van der Waals surface area (Å²) < 4.78 is 46.1. The lowest BCUT2D eigenvalue weighted by Gasteiger charge is -2.39. The number of carbonyl (C=O) groups is 4. The van der Waals surface area contributed by atoms with Crippen molar-refractivity contribution in [3.63, 3.8) is 0 Å². The van der Waals surface area contributed by atoms with Gasteiger partial charge in [-0.25, -0.2) is 8.78 Å². The van der Waals surface area contributed by atoms with Gasteiger partial charge in [-0.3, -0.25) is 19.2 Å². The van der Waals surface area contributed by atoms with Crippen molar-refractivity contribution in [2.75, 3.05) is 86.0 Å². The fraction of sp³-hybridized carbons (Fsp3) is 0.657. The molecule has 1 saturated carbocycles. The SMILES string of the molecule is CCC(=O)N[C@H](C(=O)N1CCN(C(=O)c2cc3cc(F)c(F)cc3n2CC(=O)N(C)CCOCCOCCOCCO)CC1)C1CCCCC1. The number of aromatic nitrogens is 1. The van der Waals surface area contributed by atoms with Gasteiger partial charge in [0.2, 0.25) is 17.7 Å². The van der Waals surface area contributed by atoms with E-state index in [1.54, 1.807) is 23.8 Å². The van der Waals surface area contributed by atoms with Crippen LogP contribution < -0.4 is 5.32 Å². The Morgan fingerprint density at radius 2 is 1.48 bits per heavy atom. The molecule has 4 amide bonds. The van der Waals surface area contributed by atoms with Crippen LogP contribution in [0.25, 0.3) is 10.9 Å². The van der Waals surface area contributed by atoms with E-state index in [9.17, 15) is 28.0 Å². The summed E-state index contributed by atoms with van der Waals surface area (Å²) in [6, 6.07) is 2.86. The number of aliphatic hydroxyl groups excluding tert-OH is 1. The molecule has 1 aliphatic heterocycles. The number of ether oxygens (including phenoxy) is 3. The van der Waals surface area contributed by atoms with Gasteiger partial charge in [-0.2, -0.15) is 0 Å². The van der Waals surface area contributed by atoms with Crippen molar-refractivity contribution < 1.29 is 47.3 Å². The molecule has 278 valence electrons. The van der Waals surface area contributed by atoms with Gasteiger partial charge in [0, 0.05) is 57.6 Å². The van der Waals surface area contributed by atoms with Crippen molar-refractivity contribution in [1.29, 1.82) is 0 Å². The van der Waals surface area contributed by atoms with Gasteiger partial charge in [0.05, 0.1) is 51.8 Å². The number of hydrogen-bond donors (Lipinski definition) is 2. The minimum absolute atomic E-state index is 0.0485. The number of carbonyl (C=O) groups excluding carboxylic acids is 4. The van der Waals surface area contributed by atoms with Gasteiger partial charge in [0.15, 0.2) is 11.6 Å². The molecule has 0 unspecified atom stereocenters. The quantitative estimate of drug-likeness (QED) is 0.225. The Hall–Kier alpha value is -3.66. The van der Waals surface area contributed by atoms with Crippen molar-refractivity contribution in [2.45, 2.75) is 58.0 Å². The molecule has 2 N–H and O–H groups in total. The van der Waals surface area contributed by atoms with E-state index in [1.165, 1.54) is 15.5 Å². The van der Waals surface area contributed by atoms with Gasteiger partial charge >= 0.3 is 0 Å². The third kappa shape index (κ3) is 10.7. The second kappa shape index (κ2) is 19.7. The summed E-state index contributed by atoms with van der Waals surface area (Å²) in [6.07, 6.45) is 5.20. The maximum atomic E-state index is 14.4. The highest BCUT2D eigenvalue weighted by Crippen LogP contribution is 2.28. The number of benzene rings is 1. The van der Waals surface area contributed by atoms with Crippen molar-refractivity contribution in [3.8, 4) is 0 Å². The minimum atomic E-state index is -1.10. The molecule has 1 aromatic heterocycles. The molecule has 15 heteroatoms. The predicted molar refractivity (Wildman–Crippen MR) is 180 cm³/mol. The first-order valence-corrected chi connectivity index (χ1v) is 17.6. The molecule has 4 rings (SSSR count). The molecule has 2 aliphatic rings. The van der Waals surface area contributed by atoms with Crippen LogP contribution in [0.5, 0.6) is 0 Å². The highest BCUT2D eigenvalue weighted by atomic mass is 19.2. The number of nitrogens with zero attached hydrogens (tertiary/aromatic N) is 4. The molecule has 0 radical (unpaired) electrons. The molecular weight excluding hydrogens is 656 g/mol. The number of rotatable bonds is 18. The van der Waals surface area contributed by atoms with Crippen LogP contribution in [-0.4, -0.2) is 140 Å². The molecule has 50 heavy (non-hydrogen) atoms. The molecule has 2 heterocycles. The zero-order chi connectivity index (χ0) is 36.0. The van der Waals surface area contributed by atoms with E-state index in [2.05, 4.69) is 5.32 Å². The molecule has 2 aromatic rings. The second-order valence-corrected chi connectivity index (χ2v) is 12.7. The first kappa shape index (κ1) is 39.1. The lowest BCUT2D eigenvalue weighted by atomic mass is 9.83.